The number of fused-ring (bicyclic) bond motifs is 2. The lowest BCUT2D eigenvalue weighted by Gasteiger charge is -2.42. The van der Waals surface area contributed by atoms with Gasteiger partial charge in [-0.1, -0.05) is 66.7 Å². The molecule has 0 radical (unpaired) electrons. The maximum absolute atomic E-state index is 14.2. The number of rotatable bonds is 9. The molecular formula is C49H48Cl2F4N12O4. The Morgan fingerprint density at radius 2 is 1.20 bits per heavy atom. The Hall–Kier alpha value is -7.00. The number of benzene rings is 3. The normalized spacial score (nSPS) is 17.7. The van der Waals surface area contributed by atoms with Crippen molar-refractivity contribution in [3.8, 4) is 12.1 Å². The molecule has 2 aromatic heterocycles. The Morgan fingerprint density at radius 3 is 1.72 bits per heavy atom. The van der Waals surface area contributed by atoms with E-state index in [2.05, 4.69) is 42.3 Å². The van der Waals surface area contributed by atoms with Crippen molar-refractivity contribution in [2.45, 2.75) is 70.2 Å². The minimum Gasteiger partial charge on any atom is -0.445 e. The average molecular weight is 1020 g/mol. The van der Waals surface area contributed by atoms with Gasteiger partial charge in [-0.2, -0.15) is 23.7 Å². The Bertz CT molecular complexity index is 2790. The molecule has 4 aliphatic rings. The summed E-state index contributed by atoms with van der Waals surface area (Å²) in [6.07, 6.45) is -4.39. The molecule has 3 aromatic carbocycles. The molecule has 1 N–H and O–H groups in total. The van der Waals surface area contributed by atoms with E-state index < -0.39 is 35.8 Å². The van der Waals surface area contributed by atoms with Crippen molar-refractivity contribution in [3.63, 3.8) is 0 Å². The number of nitriles is 2. The molecule has 0 saturated carbocycles. The van der Waals surface area contributed by atoms with E-state index in [0.29, 0.717) is 49.8 Å². The van der Waals surface area contributed by atoms with Crippen LogP contribution in [0.2, 0.25) is 10.6 Å². The van der Waals surface area contributed by atoms with Gasteiger partial charge >= 0.3 is 18.4 Å². The topological polar surface area (TPSA) is 180 Å². The minimum absolute atomic E-state index is 0.0233. The first-order chi connectivity index (χ1) is 34.3. The molecule has 9 rings (SSSR count). The number of carbonyl (C=O) groups excluding carboxylic acids is 2. The molecule has 4 aliphatic heterocycles. The van der Waals surface area contributed by atoms with E-state index >= 15 is 0 Å². The van der Waals surface area contributed by atoms with E-state index in [1.807, 2.05) is 65.6 Å². The highest BCUT2D eigenvalue weighted by Gasteiger charge is 2.40. The van der Waals surface area contributed by atoms with Gasteiger partial charge in [-0.05, 0) is 65.8 Å². The molecular weight excluding hydrogens is 968 g/mol. The summed E-state index contributed by atoms with van der Waals surface area (Å²) in [6.45, 7) is 4.44. The minimum atomic E-state index is -4.87. The van der Waals surface area contributed by atoms with Crippen molar-refractivity contribution in [1.29, 1.82) is 10.5 Å². The van der Waals surface area contributed by atoms with E-state index in [0.717, 1.165) is 47.2 Å². The first kappa shape index (κ1) is 50.4. The second-order valence-corrected chi connectivity index (χ2v) is 17.8. The molecule has 6 heterocycles. The van der Waals surface area contributed by atoms with Gasteiger partial charge in [-0.3, -0.25) is 0 Å². The van der Waals surface area contributed by atoms with Gasteiger partial charge < -0.3 is 39.3 Å². The molecule has 71 heavy (non-hydrogen) atoms. The van der Waals surface area contributed by atoms with E-state index in [4.69, 9.17) is 32.7 Å². The van der Waals surface area contributed by atoms with Gasteiger partial charge in [-0.25, -0.2) is 33.9 Å². The third kappa shape index (κ3) is 12.1. The second-order valence-electron chi connectivity index (χ2n) is 17.1. The van der Waals surface area contributed by atoms with E-state index in [1.165, 1.54) is 21.9 Å². The molecule has 16 nitrogen and oxygen atoms in total. The quantitative estimate of drug-likeness (QED) is 0.111. The van der Waals surface area contributed by atoms with Crippen LogP contribution >= 0.6 is 23.2 Å². The van der Waals surface area contributed by atoms with Crippen LogP contribution in [0, 0.1) is 28.5 Å². The van der Waals surface area contributed by atoms with Crippen LogP contribution in [0.5, 0.6) is 0 Å². The number of aromatic nitrogens is 4. The molecule has 370 valence electrons. The number of nitrogens with zero attached hydrogens (tertiary/aromatic N) is 11. The number of anilines is 3. The van der Waals surface area contributed by atoms with Gasteiger partial charge in [0.2, 0.25) is 10.6 Å². The SMILES string of the molecule is N#CCC1CN(c2nc(Cl)nc3c2CCN(c2cccc(F)c2C(F)(F)F)C3)CCN1C(=O)OCc1ccccc1.N#CCC1CN(c2nc(Cl)nc3c2CCNC3)CCN1C(=O)OCc1ccccc1. The maximum atomic E-state index is 14.2. The summed E-state index contributed by atoms with van der Waals surface area (Å²) in [5, 5.41) is 22.2. The lowest BCUT2D eigenvalue weighted by atomic mass is 10.0. The first-order valence-corrected chi connectivity index (χ1v) is 23.7. The van der Waals surface area contributed by atoms with Crippen LogP contribution in [0.1, 0.15) is 52.0 Å². The lowest BCUT2D eigenvalue weighted by molar-refractivity contribution is -0.139. The third-order valence-corrected chi connectivity index (χ3v) is 13.0. The van der Waals surface area contributed by atoms with Crippen LogP contribution in [-0.4, -0.2) is 106 Å². The van der Waals surface area contributed by atoms with Gasteiger partial charge in [0.25, 0.3) is 0 Å². The van der Waals surface area contributed by atoms with Crippen LogP contribution in [-0.2, 0) is 54.8 Å². The summed E-state index contributed by atoms with van der Waals surface area (Å²) >= 11 is 12.4. The number of nitrogens with one attached hydrogen (secondary N) is 1. The fourth-order valence-electron chi connectivity index (χ4n) is 9.22. The Labute approximate surface area is 417 Å². The monoisotopic (exact) mass is 1010 g/mol. The molecule has 2 atom stereocenters. The van der Waals surface area contributed by atoms with Crippen LogP contribution < -0.4 is 20.0 Å². The Kier molecular flexibility index (Phi) is 16.2. The summed E-state index contributed by atoms with van der Waals surface area (Å²) in [5.74, 6) is -0.0205. The van der Waals surface area contributed by atoms with E-state index in [9.17, 15) is 37.7 Å². The maximum Gasteiger partial charge on any atom is 0.421 e. The number of ether oxygens (including phenoxy) is 2. The summed E-state index contributed by atoms with van der Waals surface area (Å²) in [5.41, 5.74) is 3.34. The molecule has 0 spiro atoms. The number of amides is 2. The number of halogens is 6. The van der Waals surface area contributed by atoms with Crippen molar-refractivity contribution in [3.05, 3.63) is 134 Å². The number of piperazine rings is 2. The molecule has 5 aromatic rings. The highest BCUT2D eigenvalue weighted by Crippen LogP contribution is 2.41. The number of alkyl halides is 3. The van der Waals surface area contributed by atoms with Crippen LogP contribution in [0.4, 0.5) is 44.5 Å². The third-order valence-electron chi connectivity index (χ3n) is 12.6. The fraction of sp³-hybridized carbons (Fsp3) is 0.388. The van der Waals surface area contributed by atoms with Gasteiger partial charge in [0.1, 0.15) is 36.2 Å². The Balaban J connectivity index is 0.000000200. The standard InChI is InChI=1S/C28H25ClF4N6O2.C21H23ClN6O2/c29-26-35-22-16-37(23-8-4-7-21(30)24(23)28(31,32)33)12-10-20(22)25(36-26)38-13-14-39(19(15-38)9-11-34)27(40)41-17-18-5-2-1-3-6-18;22-20-25-18-12-24-9-7-17(18)19(26-20)27-10-11-28(16(13-27)6-8-23)21(29)30-14-15-4-2-1-3-5-15/h1-8,19H,9-10,12-17H2;1-5,16,24H,6-7,9-14H2. The van der Waals surface area contributed by atoms with Crippen molar-refractivity contribution in [2.75, 3.05) is 67.1 Å². The van der Waals surface area contributed by atoms with Crippen LogP contribution in [0.15, 0.2) is 78.9 Å². The molecule has 2 unspecified atom stereocenters. The molecule has 0 aliphatic carbocycles. The second kappa shape index (κ2) is 22.8. The smallest absolute Gasteiger partial charge is 0.421 e. The van der Waals surface area contributed by atoms with Crippen molar-refractivity contribution < 1.29 is 36.6 Å². The first-order valence-electron chi connectivity index (χ1n) is 22.9. The summed E-state index contributed by atoms with van der Waals surface area (Å²) < 4.78 is 66.2. The highest BCUT2D eigenvalue weighted by molar-refractivity contribution is 6.28. The van der Waals surface area contributed by atoms with E-state index in [1.54, 1.807) is 4.90 Å². The largest absolute Gasteiger partial charge is 0.445 e. The summed E-state index contributed by atoms with van der Waals surface area (Å²) in [7, 11) is 0. The molecule has 2 saturated heterocycles. The lowest BCUT2D eigenvalue weighted by Crippen LogP contribution is -2.55. The average Bonchev–Trinajstić information content (AvgIpc) is 3.37. The molecule has 2 amide bonds. The van der Waals surface area contributed by atoms with Crippen molar-refractivity contribution in [2.24, 2.45) is 0 Å². The highest BCUT2D eigenvalue weighted by atomic mass is 35.5. The summed E-state index contributed by atoms with van der Waals surface area (Å²) in [4.78, 5) is 51.8. The zero-order valence-electron chi connectivity index (χ0n) is 38.3. The van der Waals surface area contributed by atoms with Gasteiger partial charge in [0, 0.05) is 63.5 Å². The van der Waals surface area contributed by atoms with Gasteiger partial charge in [0.05, 0.1) is 60.7 Å². The van der Waals surface area contributed by atoms with Gasteiger partial charge in [-0.15, -0.1) is 0 Å². The van der Waals surface area contributed by atoms with Gasteiger partial charge in [0.15, 0.2) is 0 Å². The predicted molar refractivity (Wildman–Crippen MR) is 255 cm³/mol. The predicted octanol–water partition coefficient (Wildman–Crippen LogP) is 8.11. The number of hydrogen-bond donors (Lipinski definition) is 1. The molecule has 2 fully saturated rings. The number of carbonyl (C=O) groups is 2. The summed E-state index contributed by atoms with van der Waals surface area (Å²) in [6, 6.07) is 25.6. The number of hydrogen-bond acceptors (Lipinski definition) is 14. The molecule has 22 heteroatoms. The Morgan fingerprint density at radius 1 is 0.676 bits per heavy atom. The zero-order valence-corrected chi connectivity index (χ0v) is 39.8. The van der Waals surface area contributed by atoms with Crippen molar-refractivity contribution >= 4 is 52.7 Å². The zero-order chi connectivity index (χ0) is 50.1. The van der Waals surface area contributed by atoms with E-state index in [-0.39, 0.29) is 81.0 Å². The van der Waals surface area contributed by atoms with Crippen LogP contribution in [0.25, 0.3) is 0 Å². The molecule has 0 bridgehead atoms. The fourth-order valence-corrected chi connectivity index (χ4v) is 9.58. The van der Waals surface area contributed by atoms with Crippen molar-refractivity contribution in [1.82, 2.24) is 35.1 Å². The van der Waals surface area contributed by atoms with Crippen LogP contribution in [0.3, 0.4) is 0 Å².